The number of carbonyl (C=O) groups excluding carboxylic acids is 2. The Hall–Kier alpha value is -2.63. The highest BCUT2D eigenvalue weighted by Crippen LogP contribution is 2.20. The minimum Gasteiger partial charge on any atom is -0.332 e. The molecule has 1 unspecified atom stereocenters. The second kappa shape index (κ2) is 11.3. The van der Waals surface area contributed by atoms with Crippen molar-refractivity contribution in [3.8, 4) is 0 Å². The van der Waals surface area contributed by atoms with Gasteiger partial charge in [0.1, 0.15) is 6.54 Å². The zero-order chi connectivity index (χ0) is 23.1. The van der Waals surface area contributed by atoms with Gasteiger partial charge in [0.05, 0.1) is 6.54 Å². The second-order valence-corrected chi connectivity index (χ2v) is 9.75. The molecule has 4 nitrogen and oxygen atoms in total. The second-order valence-electron chi connectivity index (χ2n) is 7.94. The molecule has 0 aliphatic heterocycles. The molecule has 0 radical (unpaired) electrons. The van der Waals surface area contributed by atoms with Crippen LogP contribution in [0.5, 0.6) is 0 Å². The fourth-order valence-electron chi connectivity index (χ4n) is 3.45. The standard InChI is InChI=1S/C26H29ClN2O2S/c1-4-19(2)29(26(31)22-11-13-23(27)14-12-22)18-25(30)28(16-21-8-6-5-7-9-21)17-24-15-10-20(3)32-24/h5-15,19H,4,16-18H2,1-3H3. The van der Waals surface area contributed by atoms with Gasteiger partial charge in [0, 0.05) is 32.9 Å². The third-order valence-electron chi connectivity index (χ3n) is 5.49. The summed E-state index contributed by atoms with van der Waals surface area (Å²) in [7, 11) is 0. The lowest BCUT2D eigenvalue weighted by molar-refractivity contribution is -0.133. The van der Waals surface area contributed by atoms with E-state index in [-0.39, 0.29) is 24.4 Å². The van der Waals surface area contributed by atoms with Crippen LogP contribution < -0.4 is 0 Å². The van der Waals surface area contributed by atoms with Gasteiger partial charge in [0.15, 0.2) is 0 Å². The number of rotatable bonds is 9. The highest BCUT2D eigenvalue weighted by molar-refractivity contribution is 7.11. The van der Waals surface area contributed by atoms with Crippen LogP contribution >= 0.6 is 22.9 Å². The Balaban J connectivity index is 1.82. The molecule has 0 fully saturated rings. The molecule has 1 aromatic heterocycles. The molecule has 0 aliphatic rings. The molecule has 0 saturated carbocycles. The number of halogens is 1. The van der Waals surface area contributed by atoms with E-state index in [4.69, 9.17) is 11.6 Å². The molecule has 1 atom stereocenters. The molecule has 2 amide bonds. The summed E-state index contributed by atoms with van der Waals surface area (Å²) in [6.07, 6.45) is 0.759. The minimum absolute atomic E-state index is 0.0354. The number of aryl methyl sites for hydroxylation is 1. The van der Waals surface area contributed by atoms with Crippen LogP contribution in [0.15, 0.2) is 66.7 Å². The average Bonchev–Trinajstić information content (AvgIpc) is 3.21. The summed E-state index contributed by atoms with van der Waals surface area (Å²) in [6, 6.07) is 20.8. The van der Waals surface area contributed by atoms with Crippen molar-refractivity contribution in [1.29, 1.82) is 0 Å². The summed E-state index contributed by atoms with van der Waals surface area (Å²) in [6.45, 7) is 7.12. The van der Waals surface area contributed by atoms with Gasteiger partial charge >= 0.3 is 0 Å². The lowest BCUT2D eigenvalue weighted by atomic mass is 10.1. The van der Waals surface area contributed by atoms with Crippen LogP contribution in [0.4, 0.5) is 0 Å². The first-order valence-electron chi connectivity index (χ1n) is 10.8. The van der Waals surface area contributed by atoms with Gasteiger partial charge in [0.2, 0.25) is 5.91 Å². The maximum absolute atomic E-state index is 13.5. The van der Waals surface area contributed by atoms with Gasteiger partial charge in [0.25, 0.3) is 5.91 Å². The van der Waals surface area contributed by atoms with Gasteiger partial charge in [-0.2, -0.15) is 0 Å². The average molecular weight is 469 g/mol. The Morgan fingerprint density at radius 3 is 2.25 bits per heavy atom. The lowest BCUT2D eigenvalue weighted by Crippen LogP contribution is -2.46. The molecule has 3 rings (SSSR count). The number of nitrogens with zero attached hydrogens (tertiary/aromatic N) is 2. The zero-order valence-electron chi connectivity index (χ0n) is 18.8. The first kappa shape index (κ1) is 24.0. The minimum atomic E-state index is -0.156. The number of carbonyl (C=O) groups is 2. The van der Waals surface area contributed by atoms with E-state index in [1.807, 2.05) is 49.1 Å². The van der Waals surface area contributed by atoms with Crippen LogP contribution in [0.25, 0.3) is 0 Å². The molecular formula is C26H29ClN2O2S. The zero-order valence-corrected chi connectivity index (χ0v) is 20.3. The highest BCUT2D eigenvalue weighted by atomic mass is 35.5. The van der Waals surface area contributed by atoms with Gasteiger partial charge in [-0.05, 0) is 62.2 Å². The number of thiophene rings is 1. The van der Waals surface area contributed by atoms with Crippen molar-refractivity contribution < 1.29 is 9.59 Å². The highest BCUT2D eigenvalue weighted by Gasteiger charge is 2.26. The maximum atomic E-state index is 13.5. The summed E-state index contributed by atoms with van der Waals surface area (Å²) in [5.74, 6) is -0.224. The molecule has 0 bridgehead atoms. The topological polar surface area (TPSA) is 40.6 Å². The molecule has 168 valence electrons. The van der Waals surface area contributed by atoms with Gasteiger partial charge in [-0.25, -0.2) is 0 Å². The van der Waals surface area contributed by atoms with Crippen LogP contribution in [0.2, 0.25) is 5.02 Å². The Bertz CT molecular complexity index is 1030. The third-order valence-corrected chi connectivity index (χ3v) is 6.73. The SMILES string of the molecule is CCC(C)N(CC(=O)N(Cc1ccccc1)Cc1ccc(C)s1)C(=O)c1ccc(Cl)cc1. The molecule has 0 aliphatic carbocycles. The third kappa shape index (κ3) is 6.44. The summed E-state index contributed by atoms with van der Waals surface area (Å²) < 4.78 is 0. The van der Waals surface area contributed by atoms with Crippen LogP contribution in [0.3, 0.4) is 0 Å². The first-order chi connectivity index (χ1) is 15.4. The Morgan fingerprint density at radius 1 is 0.969 bits per heavy atom. The first-order valence-corrected chi connectivity index (χ1v) is 12.0. The summed E-state index contributed by atoms with van der Waals surface area (Å²) in [5, 5.41) is 0.577. The number of hydrogen-bond acceptors (Lipinski definition) is 3. The smallest absolute Gasteiger partial charge is 0.254 e. The van der Waals surface area contributed by atoms with Crippen LogP contribution in [0, 0.1) is 6.92 Å². The van der Waals surface area contributed by atoms with E-state index in [0.717, 1.165) is 16.9 Å². The van der Waals surface area contributed by atoms with Crippen molar-refractivity contribution in [2.45, 2.75) is 46.3 Å². The molecule has 1 heterocycles. The summed E-state index contributed by atoms with van der Waals surface area (Å²) in [4.78, 5) is 32.6. The quantitative estimate of drug-likeness (QED) is 0.376. The predicted octanol–water partition coefficient (Wildman–Crippen LogP) is 6.18. The number of benzene rings is 2. The molecular weight excluding hydrogens is 440 g/mol. The van der Waals surface area contributed by atoms with Gasteiger partial charge < -0.3 is 9.80 Å². The van der Waals surface area contributed by atoms with Crippen molar-refractivity contribution in [3.63, 3.8) is 0 Å². The van der Waals surface area contributed by atoms with E-state index >= 15 is 0 Å². The molecule has 6 heteroatoms. The van der Waals surface area contributed by atoms with E-state index in [1.54, 1.807) is 40.5 Å². The monoisotopic (exact) mass is 468 g/mol. The van der Waals surface area contributed by atoms with E-state index < -0.39 is 0 Å². The van der Waals surface area contributed by atoms with E-state index in [9.17, 15) is 9.59 Å². The normalized spacial score (nSPS) is 11.8. The summed E-state index contributed by atoms with van der Waals surface area (Å²) >= 11 is 7.67. The van der Waals surface area contributed by atoms with Crippen molar-refractivity contribution in [3.05, 3.63) is 92.6 Å². The van der Waals surface area contributed by atoms with E-state index in [1.165, 1.54) is 4.88 Å². The predicted molar refractivity (Wildman–Crippen MR) is 132 cm³/mol. The fraction of sp³-hybridized carbons (Fsp3) is 0.308. The van der Waals surface area contributed by atoms with Crippen LogP contribution in [-0.4, -0.2) is 34.2 Å². The summed E-state index contributed by atoms with van der Waals surface area (Å²) in [5.41, 5.74) is 1.60. The van der Waals surface area contributed by atoms with Crippen molar-refractivity contribution in [1.82, 2.24) is 9.80 Å². The Kier molecular flexibility index (Phi) is 8.48. The molecule has 3 aromatic rings. The van der Waals surface area contributed by atoms with Crippen LogP contribution in [0.1, 0.15) is 45.9 Å². The number of amides is 2. The number of hydrogen-bond donors (Lipinski definition) is 0. The van der Waals surface area contributed by atoms with Gasteiger partial charge in [-0.1, -0.05) is 48.9 Å². The van der Waals surface area contributed by atoms with E-state index in [0.29, 0.717) is 23.7 Å². The van der Waals surface area contributed by atoms with E-state index in [2.05, 4.69) is 19.1 Å². The van der Waals surface area contributed by atoms with Gasteiger partial charge in [-0.15, -0.1) is 11.3 Å². The molecule has 32 heavy (non-hydrogen) atoms. The van der Waals surface area contributed by atoms with Crippen LogP contribution in [-0.2, 0) is 17.9 Å². The van der Waals surface area contributed by atoms with Crippen molar-refractivity contribution in [2.75, 3.05) is 6.54 Å². The Labute approximate surface area is 199 Å². The maximum Gasteiger partial charge on any atom is 0.254 e. The fourth-order valence-corrected chi connectivity index (χ4v) is 4.48. The van der Waals surface area contributed by atoms with Crippen molar-refractivity contribution in [2.24, 2.45) is 0 Å². The largest absolute Gasteiger partial charge is 0.332 e. The molecule has 2 aromatic carbocycles. The molecule has 0 spiro atoms. The molecule has 0 saturated heterocycles. The molecule has 0 N–H and O–H groups in total. The Morgan fingerprint density at radius 2 is 1.66 bits per heavy atom. The lowest BCUT2D eigenvalue weighted by Gasteiger charge is -2.31. The van der Waals surface area contributed by atoms with Gasteiger partial charge in [-0.3, -0.25) is 9.59 Å². The van der Waals surface area contributed by atoms with Crippen molar-refractivity contribution >= 4 is 34.8 Å².